The van der Waals surface area contributed by atoms with Crippen LogP contribution in [0.4, 0.5) is 0 Å². The molecule has 1 saturated heterocycles. The molecule has 1 aliphatic rings. The lowest BCUT2D eigenvalue weighted by molar-refractivity contribution is 0.0751. The van der Waals surface area contributed by atoms with Gasteiger partial charge in [0.1, 0.15) is 12.4 Å². The predicted molar refractivity (Wildman–Crippen MR) is 103 cm³/mol. The minimum absolute atomic E-state index is 0.0217. The molecule has 0 aliphatic carbocycles. The Hall–Kier alpha value is -2.38. The van der Waals surface area contributed by atoms with Gasteiger partial charge in [0.2, 0.25) is 0 Å². The number of hydrogen-bond donors (Lipinski definition) is 1. The molecule has 1 fully saturated rings. The molecule has 0 unspecified atom stereocenters. The van der Waals surface area contributed by atoms with Crippen LogP contribution in [0.25, 0.3) is 0 Å². The second kappa shape index (κ2) is 9.01. The number of likely N-dealkylation sites (N-methyl/N-ethyl adjacent to an activating group) is 1. The summed E-state index contributed by atoms with van der Waals surface area (Å²) < 4.78 is 7.67. The van der Waals surface area contributed by atoms with Crippen LogP contribution in [0.3, 0.4) is 0 Å². The van der Waals surface area contributed by atoms with Crippen molar-refractivity contribution in [3.05, 3.63) is 48.5 Å². The molecule has 2 heterocycles. The highest BCUT2D eigenvalue weighted by atomic mass is 16.5. The van der Waals surface area contributed by atoms with Crippen molar-refractivity contribution in [2.24, 2.45) is 0 Å². The molecule has 1 aliphatic heterocycles. The molecule has 27 heavy (non-hydrogen) atoms. The number of carbonyl (C=O) groups is 1. The number of imidazole rings is 1. The third-order valence-electron chi connectivity index (χ3n) is 4.92. The molecular formula is C20H28N4O3. The van der Waals surface area contributed by atoms with E-state index < -0.39 is 6.10 Å². The van der Waals surface area contributed by atoms with Gasteiger partial charge in [0.15, 0.2) is 0 Å². The zero-order chi connectivity index (χ0) is 19.2. The normalized spacial score (nSPS) is 20.5. The van der Waals surface area contributed by atoms with Gasteiger partial charge in [-0.05, 0) is 45.1 Å². The van der Waals surface area contributed by atoms with Gasteiger partial charge >= 0.3 is 0 Å². The van der Waals surface area contributed by atoms with Crippen LogP contribution in [-0.2, 0) is 0 Å². The Kier molecular flexibility index (Phi) is 6.47. The fourth-order valence-corrected chi connectivity index (χ4v) is 3.34. The van der Waals surface area contributed by atoms with Gasteiger partial charge in [-0.1, -0.05) is 6.07 Å². The molecule has 1 amide bonds. The fourth-order valence-electron chi connectivity index (χ4n) is 3.34. The van der Waals surface area contributed by atoms with E-state index >= 15 is 0 Å². The minimum Gasteiger partial charge on any atom is -0.492 e. The molecule has 0 radical (unpaired) electrons. The molecule has 0 spiro atoms. The van der Waals surface area contributed by atoms with Gasteiger partial charge in [0.25, 0.3) is 5.91 Å². The Morgan fingerprint density at radius 2 is 2.15 bits per heavy atom. The summed E-state index contributed by atoms with van der Waals surface area (Å²) in [6, 6.07) is 7.28. The maximum Gasteiger partial charge on any atom is 0.253 e. The molecule has 1 aromatic heterocycles. The van der Waals surface area contributed by atoms with Gasteiger partial charge < -0.3 is 24.2 Å². The van der Waals surface area contributed by atoms with E-state index in [1.807, 2.05) is 52.9 Å². The number of aromatic nitrogens is 2. The molecule has 2 atom stereocenters. The van der Waals surface area contributed by atoms with Crippen molar-refractivity contribution in [2.45, 2.75) is 25.0 Å². The molecule has 1 aromatic carbocycles. The standard InChI is InChI=1S/C20H28N4O3/c1-22(2)12-13-27-17-5-3-4-16(14-17)20(26)23-9-6-18(19(25)7-10-23)24-11-8-21-15-24/h3-5,8,11,14-15,18-19,25H,6-7,9-10,12-13H2,1-2H3/t18-,19-/m0/s1. The van der Waals surface area contributed by atoms with E-state index in [0.29, 0.717) is 43.9 Å². The summed E-state index contributed by atoms with van der Waals surface area (Å²) in [5.41, 5.74) is 0.618. The van der Waals surface area contributed by atoms with Crippen LogP contribution in [0.2, 0.25) is 0 Å². The first-order valence-electron chi connectivity index (χ1n) is 9.37. The average molecular weight is 372 g/mol. The van der Waals surface area contributed by atoms with Crippen molar-refractivity contribution in [2.75, 3.05) is 40.3 Å². The third kappa shape index (κ3) is 5.08. The first-order chi connectivity index (χ1) is 13.0. The molecule has 3 rings (SSSR count). The first-order valence-corrected chi connectivity index (χ1v) is 9.37. The molecule has 2 aromatic rings. The molecule has 7 nitrogen and oxygen atoms in total. The topological polar surface area (TPSA) is 70.8 Å². The van der Waals surface area contributed by atoms with Crippen molar-refractivity contribution in [3.8, 4) is 5.75 Å². The van der Waals surface area contributed by atoms with E-state index in [1.165, 1.54) is 0 Å². The van der Waals surface area contributed by atoms with Crippen LogP contribution < -0.4 is 4.74 Å². The Morgan fingerprint density at radius 3 is 2.89 bits per heavy atom. The maximum absolute atomic E-state index is 12.9. The predicted octanol–water partition coefficient (Wildman–Crippen LogP) is 1.66. The minimum atomic E-state index is -0.488. The van der Waals surface area contributed by atoms with Crippen molar-refractivity contribution in [1.29, 1.82) is 0 Å². The number of likely N-dealkylation sites (tertiary alicyclic amines) is 1. The Bertz CT molecular complexity index is 733. The zero-order valence-corrected chi connectivity index (χ0v) is 16.0. The Labute approximate surface area is 160 Å². The molecule has 1 N–H and O–H groups in total. The number of aliphatic hydroxyl groups excluding tert-OH is 1. The number of ether oxygens (including phenoxy) is 1. The zero-order valence-electron chi connectivity index (χ0n) is 16.0. The number of benzene rings is 1. The summed E-state index contributed by atoms with van der Waals surface area (Å²) in [6.45, 7) is 2.53. The van der Waals surface area contributed by atoms with Crippen LogP contribution in [0.5, 0.6) is 5.75 Å². The highest BCUT2D eigenvalue weighted by molar-refractivity contribution is 5.94. The number of carbonyl (C=O) groups excluding carboxylic acids is 1. The Balaban J connectivity index is 1.63. The molecule has 7 heteroatoms. The molecular weight excluding hydrogens is 344 g/mol. The van der Waals surface area contributed by atoms with Crippen LogP contribution in [0.1, 0.15) is 29.2 Å². The van der Waals surface area contributed by atoms with Gasteiger partial charge in [-0.25, -0.2) is 4.98 Å². The van der Waals surface area contributed by atoms with Crippen LogP contribution in [0, 0.1) is 0 Å². The number of amides is 1. The molecule has 146 valence electrons. The molecule has 0 saturated carbocycles. The van der Waals surface area contributed by atoms with E-state index in [-0.39, 0.29) is 11.9 Å². The van der Waals surface area contributed by atoms with Gasteiger partial charge in [0, 0.05) is 37.6 Å². The van der Waals surface area contributed by atoms with Crippen molar-refractivity contribution in [3.63, 3.8) is 0 Å². The fraction of sp³-hybridized carbons (Fsp3) is 0.500. The van der Waals surface area contributed by atoms with E-state index in [0.717, 1.165) is 6.54 Å². The van der Waals surface area contributed by atoms with E-state index in [1.54, 1.807) is 18.6 Å². The summed E-state index contributed by atoms with van der Waals surface area (Å²) in [4.78, 5) is 20.9. The highest BCUT2D eigenvalue weighted by Crippen LogP contribution is 2.24. The number of rotatable bonds is 6. The lowest BCUT2D eigenvalue weighted by Crippen LogP contribution is -2.32. The number of nitrogens with zero attached hydrogens (tertiary/aromatic N) is 4. The lowest BCUT2D eigenvalue weighted by Gasteiger charge is -2.21. The molecule has 0 bridgehead atoms. The maximum atomic E-state index is 12.9. The smallest absolute Gasteiger partial charge is 0.253 e. The van der Waals surface area contributed by atoms with Gasteiger partial charge in [-0.2, -0.15) is 0 Å². The summed E-state index contributed by atoms with van der Waals surface area (Å²) in [5.74, 6) is 0.681. The van der Waals surface area contributed by atoms with Crippen molar-refractivity contribution in [1.82, 2.24) is 19.4 Å². The number of aliphatic hydroxyl groups is 1. The second-order valence-electron chi connectivity index (χ2n) is 7.19. The summed E-state index contributed by atoms with van der Waals surface area (Å²) in [5, 5.41) is 10.5. The lowest BCUT2D eigenvalue weighted by atomic mass is 10.1. The Morgan fingerprint density at radius 1 is 1.33 bits per heavy atom. The van der Waals surface area contributed by atoms with Crippen LogP contribution in [-0.4, -0.2) is 76.8 Å². The average Bonchev–Trinajstić information content (AvgIpc) is 3.11. The quantitative estimate of drug-likeness (QED) is 0.835. The van der Waals surface area contributed by atoms with Crippen molar-refractivity contribution < 1.29 is 14.6 Å². The van der Waals surface area contributed by atoms with Crippen molar-refractivity contribution >= 4 is 5.91 Å². The third-order valence-corrected chi connectivity index (χ3v) is 4.92. The second-order valence-corrected chi connectivity index (χ2v) is 7.19. The van der Waals surface area contributed by atoms with Gasteiger partial charge in [-0.3, -0.25) is 4.79 Å². The number of hydrogen-bond acceptors (Lipinski definition) is 5. The summed E-state index contributed by atoms with van der Waals surface area (Å²) in [7, 11) is 3.99. The largest absolute Gasteiger partial charge is 0.492 e. The van der Waals surface area contributed by atoms with E-state index in [4.69, 9.17) is 4.74 Å². The van der Waals surface area contributed by atoms with Gasteiger partial charge in [0.05, 0.1) is 18.5 Å². The van der Waals surface area contributed by atoms with E-state index in [2.05, 4.69) is 4.98 Å². The van der Waals surface area contributed by atoms with Gasteiger partial charge in [-0.15, -0.1) is 0 Å². The summed E-state index contributed by atoms with van der Waals surface area (Å²) >= 11 is 0. The van der Waals surface area contributed by atoms with Crippen LogP contribution in [0.15, 0.2) is 43.0 Å². The first kappa shape index (κ1) is 19.4. The van der Waals surface area contributed by atoms with Crippen LogP contribution >= 0.6 is 0 Å². The summed E-state index contributed by atoms with van der Waals surface area (Å²) in [6.07, 6.45) is 6.05. The SMILES string of the molecule is CN(C)CCOc1cccc(C(=O)N2CC[C@H](O)[C@@H](n3ccnc3)CC2)c1. The highest BCUT2D eigenvalue weighted by Gasteiger charge is 2.28. The monoisotopic (exact) mass is 372 g/mol. The van der Waals surface area contributed by atoms with E-state index in [9.17, 15) is 9.90 Å².